The molecule has 5 nitrogen and oxygen atoms in total. The van der Waals surface area contributed by atoms with Crippen LogP contribution in [-0.2, 0) is 16.0 Å². The molecule has 22 heavy (non-hydrogen) atoms. The van der Waals surface area contributed by atoms with Crippen molar-refractivity contribution in [3.63, 3.8) is 0 Å². The number of halogens is 1. The molecule has 0 amide bonds. The van der Waals surface area contributed by atoms with Gasteiger partial charge in [-0.25, -0.2) is 0 Å². The molecule has 0 N–H and O–H groups in total. The van der Waals surface area contributed by atoms with Crippen molar-refractivity contribution in [1.29, 1.82) is 0 Å². The number of azide groups is 1. The topological polar surface area (TPSA) is 82.9 Å². The first-order valence-corrected chi connectivity index (χ1v) is 8.20. The van der Waals surface area contributed by atoms with Gasteiger partial charge >= 0.3 is 0 Å². The summed E-state index contributed by atoms with van der Waals surface area (Å²) in [6, 6.07) is 7.71. The third kappa shape index (κ3) is 3.76. The highest BCUT2D eigenvalue weighted by molar-refractivity contribution is 9.10. The van der Waals surface area contributed by atoms with Crippen LogP contribution in [-0.4, -0.2) is 18.1 Å². The molecule has 0 aliphatic heterocycles. The molecule has 2 rings (SSSR count). The maximum atomic E-state index is 12.5. The molecule has 0 radical (unpaired) electrons. The standard InChI is InChI=1S/C16H18BrN3O2/c17-13-7-5-12(6-8-13)11-16(9-2-10-19-20-18)14(21)3-1-4-15(16)22/h5-8H,1-4,9-11H2. The van der Waals surface area contributed by atoms with Crippen LogP contribution in [0, 0.1) is 5.41 Å². The highest BCUT2D eigenvalue weighted by atomic mass is 79.9. The lowest BCUT2D eigenvalue weighted by atomic mass is 9.66. The minimum absolute atomic E-state index is 0.0348. The summed E-state index contributed by atoms with van der Waals surface area (Å²) in [4.78, 5) is 27.8. The van der Waals surface area contributed by atoms with E-state index in [0.717, 1.165) is 10.0 Å². The number of carbonyl (C=O) groups excluding carboxylic acids is 2. The van der Waals surface area contributed by atoms with Crippen molar-refractivity contribution < 1.29 is 9.59 Å². The molecule has 0 spiro atoms. The van der Waals surface area contributed by atoms with Crippen molar-refractivity contribution >= 4 is 27.5 Å². The Balaban J connectivity index is 2.23. The molecule has 116 valence electrons. The van der Waals surface area contributed by atoms with Gasteiger partial charge in [0.25, 0.3) is 0 Å². The number of benzene rings is 1. The van der Waals surface area contributed by atoms with Gasteiger partial charge in [-0.15, -0.1) is 0 Å². The lowest BCUT2D eigenvalue weighted by molar-refractivity contribution is -0.144. The molecule has 1 aromatic rings. The fourth-order valence-corrected chi connectivity index (χ4v) is 3.32. The summed E-state index contributed by atoms with van der Waals surface area (Å²) in [6.45, 7) is 0.319. The van der Waals surface area contributed by atoms with Gasteiger partial charge in [0.15, 0.2) is 0 Å². The van der Waals surface area contributed by atoms with E-state index in [4.69, 9.17) is 5.53 Å². The van der Waals surface area contributed by atoms with Gasteiger partial charge in [0.2, 0.25) is 0 Å². The van der Waals surface area contributed by atoms with Gasteiger partial charge < -0.3 is 0 Å². The second-order valence-corrected chi connectivity index (χ2v) is 6.56. The summed E-state index contributed by atoms with van der Waals surface area (Å²) in [5.41, 5.74) is 8.40. The first-order chi connectivity index (χ1) is 10.6. The second-order valence-electron chi connectivity index (χ2n) is 5.64. The van der Waals surface area contributed by atoms with Gasteiger partial charge in [0.1, 0.15) is 11.6 Å². The molecule has 0 saturated heterocycles. The molecule has 0 atom stereocenters. The second kappa shape index (κ2) is 7.56. The Morgan fingerprint density at radius 3 is 2.41 bits per heavy atom. The number of ketones is 2. The third-order valence-corrected chi connectivity index (χ3v) is 4.75. The smallest absolute Gasteiger partial charge is 0.146 e. The maximum absolute atomic E-state index is 12.5. The maximum Gasteiger partial charge on any atom is 0.146 e. The molecule has 0 heterocycles. The van der Waals surface area contributed by atoms with Crippen LogP contribution in [0.1, 0.15) is 37.7 Å². The van der Waals surface area contributed by atoms with Crippen molar-refractivity contribution in [2.75, 3.05) is 6.54 Å². The molecule has 0 aromatic heterocycles. The van der Waals surface area contributed by atoms with Crippen LogP contribution < -0.4 is 0 Å². The minimum atomic E-state index is -0.933. The van der Waals surface area contributed by atoms with E-state index in [0.29, 0.717) is 45.1 Å². The van der Waals surface area contributed by atoms with Crippen LogP contribution in [0.4, 0.5) is 0 Å². The first kappa shape index (κ1) is 16.7. The van der Waals surface area contributed by atoms with Gasteiger partial charge in [-0.3, -0.25) is 9.59 Å². The van der Waals surface area contributed by atoms with Crippen LogP contribution in [0.25, 0.3) is 10.4 Å². The average Bonchev–Trinajstić information content (AvgIpc) is 2.51. The zero-order valence-corrected chi connectivity index (χ0v) is 13.9. The summed E-state index contributed by atoms with van der Waals surface area (Å²) < 4.78 is 0.968. The van der Waals surface area contributed by atoms with Crippen LogP contribution >= 0.6 is 15.9 Å². The first-order valence-electron chi connectivity index (χ1n) is 7.40. The highest BCUT2D eigenvalue weighted by Gasteiger charge is 2.45. The fraction of sp³-hybridized carbons (Fsp3) is 0.500. The van der Waals surface area contributed by atoms with Crippen molar-refractivity contribution in [2.45, 2.75) is 38.5 Å². The Bertz CT molecular complexity index is 590. The summed E-state index contributed by atoms with van der Waals surface area (Å²) in [5, 5.41) is 3.51. The number of carbonyl (C=O) groups is 2. The number of nitrogens with zero attached hydrogens (tertiary/aromatic N) is 3. The monoisotopic (exact) mass is 363 g/mol. The van der Waals surface area contributed by atoms with Gasteiger partial charge in [0, 0.05) is 28.8 Å². The minimum Gasteiger partial charge on any atom is -0.299 e. The molecular formula is C16H18BrN3O2. The molecule has 1 fully saturated rings. The summed E-state index contributed by atoms with van der Waals surface area (Å²) in [5.74, 6) is 0.0696. The number of hydrogen-bond acceptors (Lipinski definition) is 3. The number of Topliss-reactive ketones (excluding diaryl/α,β-unsaturated/α-hetero) is 2. The van der Waals surface area contributed by atoms with Crippen LogP contribution in [0.2, 0.25) is 0 Å². The van der Waals surface area contributed by atoms with Crippen molar-refractivity contribution in [3.05, 3.63) is 44.7 Å². The van der Waals surface area contributed by atoms with E-state index >= 15 is 0 Å². The van der Waals surface area contributed by atoms with Gasteiger partial charge in [0.05, 0.1) is 5.41 Å². The molecule has 0 bridgehead atoms. The summed E-state index contributed by atoms with van der Waals surface area (Å²) >= 11 is 3.39. The zero-order chi connectivity index (χ0) is 16.0. The Kier molecular flexibility index (Phi) is 5.75. The highest BCUT2D eigenvalue weighted by Crippen LogP contribution is 2.38. The van der Waals surface area contributed by atoms with E-state index in [1.54, 1.807) is 0 Å². The quantitative estimate of drug-likeness (QED) is 0.247. The Labute approximate surface area is 137 Å². The normalized spacial score (nSPS) is 17.1. The molecule has 1 aliphatic rings. The number of rotatable bonds is 6. The predicted molar refractivity (Wildman–Crippen MR) is 87.4 cm³/mol. The van der Waals surface area contributed by atoms with Crippen LogP contribution in [0.3, 0.4) is 0 Å². The zero-order valence-electron chi connectivity index (χ0n) is 12.3. The Morgan fingerprint density at radius 1 is 1.18 bits per heavy atom. The van der Waals surface area contributed by atoms with E-state index in [2.05, 4.69) is 26.0 Å². The lowest BCUT2D eigenvalue weighted by Crippen LogP contribution is -2.44. The van der Waals surface area contributed by atoms with Crippen molar-refractivity contribution in [2.24, 2.45) is 10.5 Å². The summed E-state index contributed by atoms with van der Waals surface area (Å²) in [7, 11) is 0. The van der Waals surface area contributed by atoms with Crippen molar-refractivity contribution in [3.8, 4) is 0 Å². The predicted octanol–water partition coefficient (Wildman–Crippen LogP) is 4.39. The number of hydrogen-bond donors (Lipinski definition) is 0. The average molecular weight is 364 g/mol. The van der Waals surface area contributed by atoms with Crippen LogP contribution in [0.5, 0.6) is 0 Å². The van der Waals surface area contributed by atoms with E-state index in [1.807, 2.05) is 24.3 Å². The van der Waals surface area contributed by atoms with Crippen molar-refractivity contribution in [1.82, 2.24) is 0 Å². The molecule has 1 saturated carbocycles. The van der Waals surface area contributed by atoms with Gasteiger partial charge in [-0.2, -0.15) is 0 Å². The Morgan fingerprint density at radius 2 is 1.82 bits per heavy atom. The van der Waals surface area contributed by atoms with E-state index in [1.165, 1.54) is 0 Å². The molecule has 6 heteroatoms. The SMILES string of the molecule is [N-]=[N+]=NCCCC1(Cc2ccc(Br)cc2)C(=O)CCCC1=O. The van der Waals surface area contributed by atoms with Gasteiger partial charge in [-0.05, 0) is 48.9 Å². The lowest BCUT2D eigenvalue weighted by Gasteiger charge is -2.34. The molecule has 1 aromatic carbocycles. The molecule has 1 aliphatic carbocycles. The summed E-state index contributed by atoms with van der Waals surface area (Å²) in [6.07, 6.45) is 3.02. The molecule has 0 unspecified atom stereocenters. The fourth-order valence-electron chi connectivity index (χ4n) is 3.05. The van der Waals surface area contributed by atoms with E-state index in [-0.39, 0.29) is 11.6 Å². The van der Waals surface area contributed by atoms with Gasteiger partial charge in [-0.1, -0.05) is 33.2 Å². The Hall–Kier alpha value is -1.65. The third-order valence-electron chi connectivity index (χ3n) is 4.22. The largest absolute Gasteiger partial charge is 0.299 e. The van der Waals surface area contributed by atoms with E-state index < -0.39 is 5.41 Å². The van der Waals surface area contributed by atoms with Crippen LogP contribution in [0.15, 0.2) is 33.9 Å². The molecular weight excluding hydrogens is 346 g/mol. The van der Waals surface area contributed by atoms with E-state index in [9.17, 15) is 9.59 Å².